The summed E-state index contributed by atoms with van der Waals surface area (Å²) in [4.78, 5) is -1.48. The summed E-state index contributed by atoms with van der Waals surface area (Å²) in [6.45, 7) is 0. The Bertz CT molecular complexity index is 1240. The molecule has 2 aromatic carbocycles. The van der Waals surface area contributed by atoms with Crippen LogP contribution >= 0.6 is 0 Å². The van der Waals surface area contributed by atoms with Crippen LogP contribution in [0.1, 0.15) is 5.56 Å². The Kier molecular flexibility index (Phi) is 4.30. The highest BCUT2D eigenvalue weighted by atomic mass is 32.2. The van der Waals surface area contributed by atoms with Crippen molar-refractivity contribution in [3.8, 4) is 0 Å². The number of nitrogens with zero attached hydrogens (tertiary/aromatic N) is 2. The Morgan fingerprint density at radius 1 is 1.04 bits per heavy atom. The van der Waals surface area contributed by atoms with E-state index in [1.54, 1.807) is 5.43 Å². The maximum Gasteiger partial charge on any atom is 0.295 e. The first-order valence-electron chi connectivity index (χ1n) is 6.88. The number of hydrazine groups is 1. The predicted octanol–water partition coefficient (Wildman–Crippen LogP) is 0.948. The molecular formula is C13H10F2N4O6S2. The van der Waals surface area contributed by atoms with E-state index in [0.717, 1.165) is 24.3 Å². The maximum atomic E-state index is 14.1. The molecule has 0 radical (unpaired) electrons. The van der Waals surface area contributed by atoms with Crippen molar-refractivity contribution in [3.05, 3.63) is 41.8 Å². The lowest BCUT2D eigenvalue weighted by Gasteiger charge is -2.20. The van der Waals surface area contributed by atoms with E-state index in [1.807, 2.05) is 0 Å². The molecule has 144 valence electrons. The Hall–Kier alpha value is -2.81. The van der Waals surface area contributed by atoms with Crippen LogP contribution in [0, 0.1) is 0 Å². The number of hydrazone groups is 1. The minimum Gasteiger partial charge on any atom is -0.381 e. The molecule has 10 nitrogen and oxygen atoms in total. The molecule has 0 aliphatic carbocycles. The lowest BCUT2D eigenvalue weighted by atomic mass is 10.0. The number of nitrogens with two attached hydrogens (primary N) is 1. The van der Waals surface area contributed by atoms with Gasteiger partial charge in [0.2, 0.25) is 5.95 Å². The predicted molar refractivity (Wildman–Crippen MR) is 89.3 cm³/mol. The molecule has 0 spiro atoms. The molecule has 0 atom stereocenters. The number of hydrogen-bond donors (Lipinski definition) is 4. The Balaban J connectivity index is 2.47. The summed E-state index contributed by atoms with van der Waals surface area (Å²) in [5.41, 5.74) is 6.09. The van der Waals surface area contributed by atoms with Gasteiger partial charge in [0.25, 0.3) is 20.2 Å². The average Bonchev–Trinajstić information content (AvgIpc) is 2.50. The van der Waals surface area contributed by atoms with Crippen LogP contribution in [-0.4, -0.2) is 37.1 Å². The summed E-state index contributed by atoms with van der Waals surface area (Å²) in [5.74, 6) is -2.05. The monoisotopic (exact) mass is 420 g/mol. The third-order valence-corrected chi connectivity index (χ3v) is 5.43. The van der Waals surface area contributed by atoms with Gasteiger partial charge in [0.1, 0.15) is 9.79 Å². The van der Waals surface area contributed by atoms with Gasteiger partial charge in [-0.1, -0.05) is 16.6 Å². The number of benzene rings is 2. The molecule has 1 aliphatic heterocycles. The van der Waals surface area contributed by atoms with E-state index < -0.39 is 52.7 Å². The highest BCUT2D eigenvalue weighted by Crippen LogP contribution is 2.33. The molecular weight excluding hydrogens is 410 g/mol. The minimum absolute atomic E-state index is 0.260. The summed E-state index contributed by atoms with van der Waals surface area (Å²) in [6.07, 6.45) is 0. The van der Waals surface area contributed by atoms with Gasteiger partial charge in [-0.15, -0.1) is 5.10 Å². The fourth-order valence-corrected chi connectivity index (χ4v) is 4.03. The van der Waals surface area contributed by atoms with Crippen molar-refractivity contribution in [1.82, 2.24) is 10.8 Å². The quantitative estimate of drug-likeness (QED) is 0.322. The molecule has 0 fully saturated rings. The molecule has 1 aliphatic rings. The van der Waals surface area contributed by atoms with Crippen molar-refractivity contribution in [1.29, 1.82) is 0 Å². The van der Waals surface area contributed by atoms with Gasteiger partial charge in [-0.25, -0.2) is 5.43 Å². The van der Waals surface area contributed by atoms with Crippen LogP contribution in [-0.2, 0) is 20.2 Å². The molecule has 0 amide bonds. The van der Waals surface area contributed by atoms with E-state index in [0.29, 0.717) is 0 Å². The molecule has 0 bridgehead atoms. The molecule has 0 unspecified atom stereocenters. The van der Waals surface area contributed by atoms with Gasteiger partial charge >= 0.3 is 0 Å². The molecule has 0 aromatic heterocycles. The first-order valence-corrected chi connectivity index (χ1v) is 9.76. The fraction of sp³-hybridized carbons (Fsp3) is 0. The van der Waals surface area contributed by atoms with E-state index in [4.69, 9.17) is 5.73 Å². The lowest BCUT2D eigenvalue weighted by Crippen LogP contribution is -2.34. The number of amidine groups is 1. The maximum absolute atomic E-state index is 14.1. The standard InChI is InChI=1S/C13H10F2N4O6S2/c14-12-11(13(16)18-19(15)17-12)6-4-8-7(10(5-6)27(23,24)25)2-1-3-9(8)26(20,21)22/h1-5,17H,(H2,16,18)(H,20,21,22)(H,23,24,25). The SMILES string of the molecule is NC1=NN(F)NC(F)=C1c1cc(S(=O)(=O)O)c2cccc(S(=O)(=O)O)c2c1. The van der Waals surface area contributed by atoms with Crippen molar-refractivity contribution in [2.45, 2.75) is 9.79 Å². The fourth-order valence-electron chi connectivity index (χ4n) is 2.60. The number of rotatable bonds is 3. The smallest absolute Gasteiger partial charge is 0.295 e. The zero-order valence-electron chi connectivity index (χ0n) is 13.0. The second-order valence-corrected chi connectivity index (χ2v) is 8.10. The molecule has 27 heavy (non-hydrogen) atoms. The van der Waals surface area contributed by atoms with E-state index in [9.17, 15) is 34.8 Å². The van der Waals surface area contributed by atoms with Crippen LogP contribution < -0.4 is 11.2 Å². The average molecular weight is 420 g/mol. The topological polar surface area (TPSA) is 162 Å². The van der Waals surface area contributed by atoms with Gasteiger partial charge < -0.3 is 5.73 Å². The van der Waals surface area contributed by atoms with Crippen LogP contribution in [0.15, 0.2) is 51.2 Å². The summed E-state index contributed by atoms with van der Waals surface area (Å²) >= 11 is 0. The van der Waals surface area contributed by atoms with Gasteiger partial charge in [0.05, 0.1) is 5.57 Å². The third kappa shape index (κ3) is 3.42. The third-order valence-electron chi connectivity index (χ3n) is 3.62. The molecule has 1 heterocycles. The Labute approximate surface area is 151 Å². The highest BCUT2D eigenvalue weighted by molar-refractivity contribution is 7.86. The number of fused-ring (bicyclic) bond motifs is 1. The number of hydrogen-bond acceptors (Lipinski definition) is 8. The zero-order chi connectivity index (χ0) is 20.1. The van der Waals surface area contributed by atoms with Gasteiger partial charge in [-0.05, 0) is 29.1 Å². The molecule has 3 rings (SSSR count). The molecule has 14 heteroatoms. The van der Waals surface area contributed by atoms with Gasteiger partial charge in [-0.2, -0.15) is 21.2 Å². The second-order valence-electron chi connectivity index (χ2n) is 5.32. The molecule has 5 N–H and O–H groups in total. The van der Waals surface area contributed by atoms with Crippen LogP contribution in [0.5, 0.6) is 0 Å². The van der Waals surface area contributed by atoms with Crippen molar-refractivity contribution in [2.75, 3.05) is 0 Å². The van der Waals surface area contributed by atoms with Crippen molar-refractivity contribution in [3.63, 3.8) is 0 Å². The summed E-state index contributed by atoms with van der Waals surface area (Å²) < 4.78 is 92.8. The first-order chi connectivity index (χ1) is 12.4. The van der Waals surface area contributed by atoms with E-state index in [1.165, 1.54) is 6.07 Å². The zero-order valence-corrected chi connectivity index (χ0v) is 14.6. The van der Waals surface area contributed by atoms with Crippen LogP contribution in [0.4, 0.5) is 8.87 Å². The van der Waals surface area contributed by atoms with Crippen molar-refractivity contribution in [2.24, 2.45) is 10.8 Å². The number of nitrogens with one attached hydrogen (secondary N) is 1. The van der Waals surface area contributed by atoms with Crippen LogP contribution in [0.25, 0.3) is 16.3 Å². The molecule has 2 aromatic rings. The van der Waals surface area contributed by atoms with Gasteiger partial charge in [0, 0.05) is 10.8 Å². The highest BCUT2D eigenvalue weighted by Gasteiger charge is 2.26. The largest absolute Gasteiger partial charge is 0.381 e. The van der Waals surface area contributed by atoms with E-state index >= 15 is 0 Å². The van der Waals surface area contributed by atoms with E-state index in [2.05, 4.69) is 5.10 Å². The number of halogens is 2. The molecule has 0 saturated carbocycles. The lowest BCUT2D eigenvalue weighted by molar-refractivity contribution is -0.0268. The summed E-state index contributed by atoms with van der Waals surface area (Å²) in [6, 6.07) is 5.08. The van der Waals surface area contributed by atoms with E-state index in [-0.39, 0.29) is 16.3 Å². The first kappa shape index (κ1) is 19.0. The normalized spacial score (nSPS) is 15.7. The Morgan fingerprint density at radius 3 is 2.22 bits per heavy atom. The van der Waals surface area contributed by atoms with Gasteiger partial charge in [0.15, 0.2) is 5.84 Å². The second kappa shape index (κ2) is 6.12. The van der Waals surface area contributed by atoms with Crippen molar-refractivity contribution < 1.29 is 34.8 Å². The minimum atomic E-state index is -4.91. The van der Waals surface area contributed by atoms with Crippen LogP contribution in [0.3, 0.4) is 0 Å². The Morgan fingerprint density at radius 2 is 1.67 bits per heavy atom. The van der Waals surface area contributed by atoms with Gasteiger partial charge in [-0.3, -0.25) is 9.11 Å². The van der Waals surface area contributed by atoms with Crippen LogP contribution in [0.2, 0.25) is 0 Å². The summed E-state index contributed by atoms with van der Waals surface area (Å²) in [5, 5.41) is 1.97. The summed E-state index contributed by atoms with van der Waals surface area (Å²) in [7, 11) is -9.71. The van der Waals surface area contributed by atoms with Crippen molar-refractivity contribution >= 4 is 42.4 Å². The molecule has 0 saturated heterocycles.